The molecule has 22 heavy (non-hydrogen) atoms. The van der Waals surface area contributed by atoms with E-state index in [4.69, 9.17) is 0 Å². The number of benzene rings is 2. The summed E-state index contributed by atoms with van der Waals surface area (Å²) in [4.78, 5) is 17.1. The van der Waals surface area contributed by atoms with Crippen LogP contribution in [0.1, 0.15) is 12.2 Å². The van der Waals surface area contributed by atoms with Gasteiger partial charge in [0, 0.05) is 13.0 Å². The van der Waals surface area contributed by atoms with Crippen LogP contribution >= 0.6 is 0 Å². The number of hydrazone groups is 1. The van der Waals surface area contributed by atoms with Crippen LogP contribution in [0.15, 0.2) is 64.5 Å². The van der Waals surface area contributed by atoms with E-state index in [1.807, 2.05) is 54.6 Å². The van der Waals surface area contributed by atoms with Gasteiger partial charge in [-0.05, 0) is 24.3 Å². The Morgan fingerprint density at radius 3 is 2.68 bits per heavy atom. The fraction of sp³-hybridized carbons (Fsp3) is 0.118. The standard InChI is InChI=1S/C17H14N4O/c22-17-13-8-4-5-9-14(13)18-16-15(10-11-21(16)17)20-19-12-6-2-1-3-7-12/h1-9,19H,10-11H2/b20-15+. The molecule has 0 bridgehead atoms. The van der Waals surface area contributed by atoms with E-state index in [1.165, 1.54) is 0 Å². The van der Waals surface area contributed by atoms with Gasteiger partial charge in [-0.2, -0.15) is 5.10 Å². The van der Waals surface area contributed by atoms with Crippen LogP contribution in [0.4, 0.5) is 5.69 Å². The van der Waals surface area contributed by atoms with Crippen molar-refractivity contribution in [2.24, 2.45) is 5.10 Å². The second-order valence-electron chi connectivity index (χ2n) is 5.20. The van der Waals surface area contributed by atoms with Gasteiger partial charge >= 0.3 is 0 Å². The van der Waals surface area contributed by atoms with Gasteiger partial charge in [-0.25, -0.2) is 4.98 Å². The summed E-state index contributed by atoms with van der Waals surface area (Å²) in [7, 11) is 0. The maximum absolute atomic E-state index is 12.5. The van der Waals surface area contributed by atoms with E-state index in [-0.39, 0.29) is 5.56 Å². The Morgan fingerprint density at radius 2 is 1.82 bits per heavy atom. The quantitative estimate of drug-likeness (QED) is 0.738. The van der Waals surface area contributed by atoms with E-state index in [0.717, 1.165) is 11.4 Å². The molecular formula is C17H14N4O. The van der Waals surface area contributed by atoms with Crippen LogP contribution in [0.25, 0.3) is 10.9 Å². The van der Waals surface area contributed by atoms with Gasteiger partial charge in [-0.15, -0.1) is 0 Å². The average molecular weight is 290 g/mol. The molecule has 2 aromatic carbocycles. The lowest BCUT2D eigenvalue weighted by molar-refractivity contribution is 0.726. The van der Waals surface area contributed by atoms with Crippen LogP contribution in [0.2, 0.25) is 0 Å². The third-order valence-electron chi connectivity index (χ3n) is 3.79. The van der Waals surface area contributed by atoms with Crippen molar-refractivity contribution < 1.29 is 0 Å². The summed E-state index contributed by atoms with van der Waals surface area (Å²) < 4.78 is 1.70. The number of fused-ring (bicyclic) bond motifs is 2. The molecule has 1 aliphatic rings. The number of anilines is 1. The van der Waals surface area contributed by atoms with Gasteiger partial charge in [-0.1, -0.05) is 30.3 Å². The average Bonchev–Trinajstić information content (AvgIpc) is 2.97. The second kappa shape index (κ2) is 5.11. The molecule has 5 nitrogen and oxygen atoms in total. The molecule has 0 saturated carbocycles. The van der Waals surface area contributed by atoms with E-state index >= 15 is 0 Å². The van der Waals surface area contributed by atoms with Crippen molar-refractivity contribution in [3.05, 3.63) is 70.8 Å². The first kappa shape index (κ1) is 12.8. The molecule has 4 rings (SSSR count). The van der Waals surface area contributed by atoms with Crippen LogP contribution in [0.3, 0.4) is 0 Å². The normalized spacial score (nSPS) is 15.2. The minimum Gasteiger partial charge on any atom is -0.291 e. The van der Waals surface area contributed by atoms with E-state index in [2.05, 4.69) is 15.5 Å². The molecule has 0 unspecified atom stereocenters. The zero-order valence-electron chi connectivity index (χ0n) is 11.9. The SMILES string of the molecule is O=c1c2ccccc2nc2n1CC/C2=N\Nc1ccccc1. The Labute approximate surface area is 126 Å². The summed E-state index contributed by atoms with van der Waals surface area (Å²) in [5, 5.41) is 5.08. The molecule has 1 N–H and O–H groups in total. The maximum atomic E-state index is 12.5. The Bertz CT molecular complexity index is 928. The highest BCUT2D eigenvalue weighted by molar-refractivity contribution is 6.00. The highest BCUT2D eigenvalue weighted by Gasteiger charge is 2.22. The molecule has 1 aliphatic heterocycles. The minimum atomic E-state index is 0.00510. The van der Waals surface area contributed by atoms with Crippen molar-refractivity contribution in [3.8, 4) is 0 Å². The van der Waals surface area contributed by atoms with Crippen molar-refractivity contribution in [2.45, 2.75) is 13.0 Å². The van der Waals surface area contributed by atoms with Crippen LogP contribution < -0.4 is 11.0 Å². The predicted octanol–water partition coefficient (Wildman–Crippen LogP) is 2.62. The molecule has 0 amide bonds. The number of hydrogen-bond acceptors (Lipinski definition) is 4. The minimum absolute atomic E-state index is 0.00510. The first-order valence-corrected chi connectivity index (χ1v) is 7.20. The molecule has 0 spiro atoms. The van der Waals surface area contributed by atoms with Gasteiger partial charge in [-0.3, -0.25) is 14.8 Å². The highest BCUT2D eigenvalue weighted by atomic mass is 16.1. The van der Waals surface area contributed by atoms with Crippen molar-refractivity contribution >= 4 is 22.3 Å². The predicted molar refractivity (Wildman–Crippen MR) is 87.2 cm³/mol. The van der Waals surface area contributed by atoms with Crippen LogP contribution in [-0.2, 0) is 6.54 Å². The van der Waals surface area contributed by atoms with Crippen molar-refractivity contribution in [1.82, 2.24) is 9.55 Å². The summed E-state index contributed by atoms with van der Waals surface area (Å²) in [5.41, 5.74) is 5.47. The number of nitrogens with one attached hydrogen (secondary N) is 1. The van der Waals surface area contributed by atoms with E-state index < -0.39 is 0 Å². The van der Waals surface area contributed by atoms with Crippen molar-refractivity contribution in [1.29, 1.82) is 0 Å². The number of para-hydroxylation sites is 2. The lowest BCUT2D eigenvalue weighted by Crippen LogP contribution is -2.21. The molecule has 0 saturated heterocycles. The van der Waals surface area contributed by atoms with Gasteiger partial charge in [0.15, 0.2) is 5.82 Å². The van der Waals surface area contributed by atoms with Gasteiger partial charge in [0.25, 0.3) is 5.56 Å². The largest absolute Gasteiger partial charge is 0.291 e. The molecule has 0 radical (unpaired) electrons. The summed E-state index contributed by atoms with van der Waals surface area (Å²) in [5.74, 6) is 0.659. The summed E-state index contributed by atoms with van der Waals surface area (Å²) in [6.07, 6.45) is 0.707. The fourth-order valence-electron chi connectivity index (χ4n) is 2.68. The highest BCUT2D eigenvalue weighted by Crippen LogP contribution is 2.16. The third-order valence-corrected chi connectivity index (χ3v) is 3.79. The van der Waals surface area contributed by atoms with Gasteiger partial charge in [0.1, 0.15) is 5.71 Å². The maximum Gasteiger partial charge on any atom is 0.261 e. The number of hydrogen-bond donors (Lipinski definition) is 1. The molecule has 0 aliphatic carbocycles. The van der Waals surface area contributed by atoms with E-state index in [9.17, 15) is 4.79 Å². The summed E-state index contributed by atoms with van der Waals surface area (Å²) in [6.45, 7) is 0.626. The van der Waals surface area contributed by atoms with Crippen LogP contribution in [0, 0.1) is 0 Å². The summed E-state index contributed by atoms with van der Waals surface area (Å²) >= 11 is 0. The Hall–Kier alpha value is -2.95. The Morgan fingerprint density at radius 1 is 1.05 bits per heavy atom. The van der Waals surface area contributed by atoms with Crippen LogP contribution in [-0.4, -0.2) is 15.3 Å². The topological polar surface area (TPSA) is 59.3 Å². The van der Waals surface area contributed by atoms with Gasteiger partial charge in [0.05, 0.1) is 16.6 Å². The number of aromatic nitrogens is 2. The zero-order chi connectivity index (χ0) is 14.9. The van der Waals surface area contributed by atoms with Crippen molar-refractivity contribution in [2.75, 3.05) is 5.43 Å². The van der Waals surface area contributed by atoms with E-state index in [1.54, 1.807) is 4.57 Å². The lowest BCUT2D eigenvalue weighted by atomic mass is 10.2. The van der Waals surface area contributed by atoms with Gasteiger partial charge < -0.3 is 0 Å². The molecular weight excluding hydrogens is 276 g/mol. The first-order valence-electron chi connectivity index (χ1n) is 7.20. The van der Waals surface area contributed by atoms with Gasteiger partial charge in [0.2, 0.25) is 0 Å². The molecule has 3 aromatic rings. The molecule has 108 valence electrons. The second-order valence-corrected chi connectivity index (χ2v) is 5.20. The Kier molecular flexibility index (Phi) is 2.96. The number of nitrogens with zero attached hydrogens (tertiary/aromatic N) is 3. The first-order chi connectivity index (χ1) is 10.8. The molecule has 0 atom stereocenters. The molecule has 2 heterocycles. The van der Waals surface area contributed by atoms with Crippen molar-refractivity contribution in [3.63, 3.8) is 0 Å². The van der Waals surface area contributed by atoms with Crippen LogP contribution in [0.5, 0.6) is 0 Å². The molecule has 0 fully saturated rings. The molecule has 1 aromatic heterocycles. The summed E-state index contributed by atoms with van der Waals surface area (Å²) in [6, 6.07) is 17.2. The third kappa shape index (κ3) is 2.07. The fourth-order valence-corrected chi connectivity index (χ4v) is 2.68. The Balaban J connectivity index is 1.77. The monoisotopic (exact) mass is 290 g/mol. The smallest absolute Gasteiger partial charge is 0.261 e. The van der Waals surface area contributed by atoms with E-state index in [0.29, 0.717) is 29.7 Å². The zero-order valence-corrected chi connectivity index (χ0v) is 11.9. The molecule has 5 heteroatoms. The lowest BCUT2D eigenvalue weighted by Gasteiger charge is -2.05. The number of rotatable bonds is 2.